The Bertz CT molecular complexity index is 974. The Morgan fingerprint density at radius 2 is 1.58 bits per heavy atom. The molecule has 0 aliphatic carbocycles. The van der Waals surface area contributed by atoms with Crippen molar-refractivity contribution in [2.75, 3.05) is 39.4 Å². The molecule has 1 saturated heterocycles. The van der Waals surface area contributed by atoms with Crippen LogP contribution in [0.3, 0.4) is 0 Å². The first-order chi connectivity index (χ1) is 14.9. The molecule has 2 aromatic rings. The van der Waals surface area contributed by atoms with Crippen LogP contribution in [0, 0.1) is 5.82 Å². The molecule has 0 unspecified atom stereocenters. The van der Waals surface area contributed by atoms with Gasteiger partial charge in [0.2, 0.25) is 15.9 Å². The Balaban J connectivity index is 1.41. The summed E-state index contributed by atoms with van der Waals surface area (Å²) in [5, 5.41) is 0. The molecule has 1 fully saturated rings. The maximum absolute atomic E-state index is 13.9. The van der Waals surface area contributed by atoms with Gasteiger partial charge in [0, 0.05) is 32.6 Å². The van der Waals surface area contributed by atoms with E-state index >= 15 is 0 Å². The van der Waals surface area contributed by atoms with E-state index in [0.29, 0.717) is 31.8 Å². The average molecular weight is 451 g/mol. The van der Waals surface area contributed by atoms with Crippen LogP contribution in [0.1, 0.15) is 19.8 Å². The zero-order valence-corrected chi connectivity index (χ0v) is 18.3. The summed E-state index contributed by atoms with van der Waals surface area (Å²) < 4.78 is 51.5. The van der Waals surface area contributed by atoms with Gasteiger partial charge in [-0.05, 0) is 49.7 Å². The molecule has 0 bridgehead atoms. The Morgan fingerprint density at radius 3 is 2.19 bits per heavy atom. The molecule has 0 aromatic heterocycles. The van der Waals surface area contributed by atoms with Crippen LogP contribution in [-0.2, 0) is 14.8 Å². The van der Waals surface area contributed by atoms with E-state index < -0.39 is 15.8 Å². The van der Waals surface area contributed by atoms with Gasteiger partial charge in [-0.2, -0.15) is 4.31 Å². The monoisotopic (exact) mass is 450 g/mol. The van der Waals surface area contributed by atoms with Crippen molar-refractivity contribution in [3.63, 3.8) is 0 Å². The lowest BCUT2D eigenvalue weighted by molar-refractivity contribution is -0.132. The number of amides is 1. The third-order valence-electron chi connectivity index (χ3n) is 4.98. The number of piperazine rings is 1. The van der Waals surface area contributed by atoms with Crippen LogP contribution in [0.2, 0.25) is 0 Å². The van der Waals surface area contributed by atoms with Crippen molar-refractivity contribution >= 4 is 15.9 Å². The number of rotatable bonds is 9. The van der Waals surface area contributed by atoms with Gasteiger partial charge in [-0.15, -0.1) is 0 Å². The molecule has 1 amide bonds. The van der Waals surface area contributed by atoms with E-state index in [1.807, 2.05) is 31.2 Å². The van der Waals surface area contributed by atoms with Crippen LogP contribution in [0.5, 0.6) is 11.5 Å². The van der Waals surface area contributed by atoms with Gasteiger partial charge in [0.05, 0.1) is 13.2 Å². The third kappa shape index (κ3) is 5.95. The highest BCUT2D eigenvalue weighted by atomic mass is 32.2. The lowest BCUT2D eigenvalue weighted by Crippen LogP contribution is -2.50. The number of halogens is 1. The van der Waals surface area contributed by atoms with Crippen molar-refractivity contribution in [1.29, 1.82) is 0 Å². The van der Waals surface area contributed by atoms with Gasteiger partial charge in [0.25, 0.3) is 0 Å². The van der Waals surface area contributed by atoms with Gasteiger partial charge < -0.3 is 14.4 Å². The zero-order valence-electron chi connectivity index (χ0n) is 17.5. The summed E-state index contributed by atoms with van der Waals surface area (Å²) in [4.78, 5) is 13.7. The van der Waals surface area contributed by atoms with E-state index in [2.05, 4.69) is 0 Å². The van der Waals surface area contributed by atoms with Gasteiger partial charge in [0.15, 0.2) is 0 Å². The van der Waals surface area contributed by atoms with Crippen molar-refractivity contribution in [1.82, 2.24) is 9.21 Å². The second kappa shape index (κ2) is 10.6. The fourth-order valence-corrected chi connectivity index (χ4v) is 4.83. The summed E-state index contributed by atoms with van der Waals surface area (Å²) in [6.07, 6.45) is 0.872. The molecule has 168 valence electrons. The summed E-state index contributed by atoms with van der Waals surface area (Å²) in [5.74, 6) is 0.677. The molecule has 2 aromatic carbocycles. The molecular weight excluding hydrogens is 423 g/mol. The van der Waals surface area contributed by atoms with Crippen LogP contribution in [0.15, 0.2) is 53.4 Å². The fraction of sp³-hybridized carbons (Fsp3) is 0.409. The number of nitrogens with zero attached hydrogens (tertiary/aromatic N) is 2. The Hall–Kier alpha value is -2.65. The minimum absolute atomic E-state index is 0.0433. The molecule has 7 nitrogen and oxygen atoms in total. The number of carbonyl (C=O) groups is 1. The molecule has 3 rings (SSSR count). The summed E-state index contributed by atoms with van der Waals surface area (Å²) >= 11 is 0. The molecule has 31 heavy (non-hydrogen) atoms. The highest BCUT2D eigenvalue weighted by Gasteiger charge is 2.31. The van der Waals surface area contributed by atoms with Gasteiger partial charge in [0.1, 0.15) is 22.2 Å². The first kappa shape index (κ1) is 23.0. The minimum Gasteiger partial charge on any atom is -0.494 e. The summed E-state index contributed by atoms with van der Waals surface area (Å²) in [6, 6.07) is 12.6. The maximum atomic E-state index is 13.9. The molecular formula is C22H27FN2O5S. The summed E-state index contributed by atoms with van der Waals surface area (Å²) in [5.41, 5.74) is 0. The first-order valence-corrected chi connectivity index (χ1v) is 11.7. The summed E-state index contributed by atoms with van der Waals surface area (Å²) in [7, 11) is -3.91. The molecule has 0 N–H and O–H groups in total. The van der Waals surface area contributed by atoms with Gasteiger partial charge in [-0.1, -0.05) is 12.1 Å². The lowest BCUT2D eigenvalue weighted by Gasteiger charge is -2.34. The number of carbonyl (C=O) groups excluding carboxylic acids is 1. The standard InChI is InChI=1S/C22H27FN2O5S/c1-2-29-18-9-11-19(12-10-18)30-17-5-8-22(26)24-13-15-25(16-14-24)31(27,28)21-7-4-3-6-20(21)23/h3-4,6-7,9-12H,2,5,8,13-17H2,1H3. The SMILES string of the molecule is CCOc1ccc(OCCCC(=O)N2CCN(S(=O)(=O)c3ccccc3F)CC2)cc1. The highest BCUT2D eigenvalue weighted by Crippen LogP contribution is 2.21. The zero-order chi connectivity index (χ0) is 22.3. The fourth-order valence-electron chi connectivity index (χ4n) is 3.34. The number of sulfonamides is 1. The Labute approximate surface area is 182 Å². The molecule has 0 atom stereocenters. The van der Waals surface area contributed by atoms with E-state index in [9.17, 15) is 17.6 Å². The van der Waals surface area contributed by atoms with Gasteiger partial charge in [-0.25, -0.2) is 12.8 Å². The van der Waals surface area contributed by atoms with Crippen molar-refractivity contribution in [3.05, 3.63) is 54.3 Å². The number of hydrogen-bond donors (Lipinski definition) is 0. The molecule has 1 aliphatic heterocycles. The van der Waals surface area contributed by atoms with Gasteiger partial charge >= 0.3 is 0 Å². The average Bonchev–Trinajstić information content (AvgIpc) is 2.78. The molecule has 1 aliphatic rings. The summed E-state index contributed by atoms with van der Waals surface area (Å²) in [6.45, 7) is 3.78. The predicted octanol–water partition coefficient (Wildman–Crippen LogP) is 2.92. The smallest absolute Gasteiger partial charge is 0.246 e. The van der Waals surface area contributed by atoms with E-state index in [-0.39, 0.29) is 37.0 Å². The van der Waals surface area contributed by atoms with Crippen LogP contribution in [0.25, 0.3) is 0 Å². The Morgan fingerprint density at radius 1 is 0.968 bits per heavy atom. The largest absolute Gasteiger partial charge is 0.494 e. The van der Waals surface area contributed by atoms with Crippen LogP contribution in [0.4, 0.5) is 4.39 Å². The number of hydrogen-bond acceptors (Lipinski definition) is 5. The van der Waals surface area contributed by atoms with Crippen LogP contribution < -0.4 is 9.47 Å². The van der Waals surface area contributed by atoms with Crippen molar-refractivity contribution in [2.45, 2.75) is 24.7 Å². The first-order valence-electron chi connectivity index (χ1n) is 10.3. The van der Waals surface area contributed by atoms with Crippen LogP contribution >= 0.6 is 0 Å². The molecule has 1 heterocycles. The predicted molar refractivity (Wildman–Crippen MR) is 114 cm³/mol. The second-order valence-corrected chi connectivity index (χ2v) is 8.98. The minimum atomic E-state index is -3.91. The quantitative estimate of drug-likeness (QED) is 0.549. The molecule has 0 spiro atoms. The van der Waals surface area contributed by atoms with E-state index in [1.54, 1.807) is 4.90 Å². The van der Waals surface area contributed by atoms with Crippen LogP contribution in [-0.4, -0.2) is 62.9 Å². The van der Waals surface area contributed by atoms with Crippen molar-refractivity contribution in [3.8, 4) is 11.5 Å². The van der Waals surface area contributed by atoms with Crippen molar-refractivity contribution in [2.24, 2.45) is 0 Å². The van der Waals surface area contributed by atoms with E-state index in [4.69, 9.17) is 9.47 Å². The molecule has 9 heteroatoms. The van der Waals surface area contributed by atoms with Gasteiger partial charge in [-0.3, -0.25) is 4.79 Å². The Kier molecular flexibility index (Phi) is 7.86. The highest BCUT2D eigenvalue weighted by molar-refractivity contribution is 7.89. The molecule has 0 radical (unpaired) electrons. The van der Waals surface area contributed by atoms with E-state index in [1.165, 1.54) is 22.5 Å². The number of benzene rings is 2. The van der Waals surface area contributed by atoms with Crippen molar-refractivity contribution < 1.29 is 27.1 Å². The third-order valence-corrected chi connectivity index (χ3v) is 6.92. The topological polar surface area (TPSA) is 76.2 Å². The maximum Gasteiger partial charge on any atom is 0.246 e. The van der Waals surface area contributed by atoms with E-state index in [0.717, 1.165) is 11.8 Å². The lowest BCUT2D eigenvalue weighted by atomic mass is 10.2. The number of ether oxygens (including phenoxy) is 2. The molecule has 0 saturated carbocycles. The normalized spacial score (nSPS) is 15.0. The second-order valence-electron chi connectivity index (χ2n) is 7.07.